The second-order valence-electron chi connectivity index (χ2n) is 18.8. The van der Waals surface area contributed by atoms with Crippen molar-refractivity contribution in [2.75, 3.05) is 13.2 Å². The lowest BCUT2D eigenvalue weighted by molar-refractivity contribution is -0.167. The number of hydrogen-bond donors (Lipinski definition) is 0. The maximum absolute atomic E-state index is 12.8. The summed E-state index contributed by atoms with van der Waals surface area (Å²) in [4.78, 5) is 38.0. The van der Waals surface area contributed by atoms with E-state index in [4.69, 9.17) is 14.2 Å². The van der Waals surface area contributed by atoms with Crippen LogP contribution in [-0.2, 0) is 28.6 Å². The Morgan fingerprint density at radius 2 is 0.585 bits per heavy atom. The summed E-state index contributed by atoms with van der Waals surface area (Å²) in [5, 5.41) is 0. The molecule has 6 heteroatoms. The van der Waals surface area contributed by atoms with E-state index in [9.17, 15) is 14.4 Å². The molecule has 0 bridgehead atoms. The molecule has 0 aliphatic carbocycles. The first-order chi connectivity index (χ1) is 32.0. The Balaban J connectivity index is 4.31. The molecule has 0 aromatic carbocycles. The van der Waals surface area contributed by atoms with Gasteiger partial charge in [-0.05, 0) is 77.0 Å². The summed E-state index contributed by atoms with van der Waals surface area (Å²) < 4.78 is 16.8. The Labute approximate surface area is 403 Å². The van der Waals surface area contributed by atoms with Crippen molar-refractivity contribution in [2.24, 2.45) is 0 Å². The average molecular weight is 911 g/mol. The largest absolute Gasteiger partial charge is 0.462 e. The summed E-state index contributed by atoms with van der Waals surface area (Å²) >= 11 is 0. The van der Waals surface area contributed by atoms with Crippen LogP contribution >= 0.6 is 0 Å². The fraction of sp³-hybridized carbons (Fsp3) is 0.814. The van der Waals surface area contributed by atoms with E-state index in [0.717, 1.165) is 89.9 Å². The molecule has 6 nitrogen and oxygen atoms in total. The third-order valence-electron chi connectivity index (χ3n) is 12.3. The molecule has 0 aliphatic heterocycles. The molecule has 378 valence electrons. The maximum atomic E-state index is 12.8. The Kier molecular flexibility index (Phi) is 51.8. The molecule has 0 heterocycles. The van der Waals surface area contributed by atoms with Gasteiger partial charge in [0.2, 0.25) is 0 Å². The zero-order valence-corrected chi connectivity index (χ0v) is 43.3. The summed E-state index contributed by atoms with van der Waals surface area (Å²) in [5.41, 5.74) is 0. The Morgan fingerprint density at radius 1 is 0.308 bits per heavy atom. The lowest BCUT2D eigenvalue weighted by Crippen LogP contribution is -2.30. The van der Waals surface area contributed by atoms with Crippen LogP contribution in [0, 0.1) is 0 Å². The molecule has 0 spiro atoms. The van der Waals surface area contributed by atoms with Crippen LogP contribution in [-0.4, -0.2) is 37.2 Å². The number of carbonyl (C=O) groups excluding carboxylic acids is 3. The van der Waals surface area contributed by atoms with Gasteiger partial charge in [-0.2, -0.15) is 0 Å². The van der Waals surface area contributed by atoms with Gasteiger partial charge in [-0.15, -0.1) is 0 Å². The Hall–Kier alpha value is -2.63. The van der Waals surface area contributed by atoms with Crippen molar-refractivity contribution in [3.05, 3.63) is 48.6 Å². The highest BCUT2D eigenvalue weighted by Crippen LogP contribution is 2.16. The molecule has 0 saturated carbocycles. The first-order valence-electron chi connectivity index (χ1n) is 28.1. The predicted octanol–water partition coefficient (Wildman–Crippen LogP) is 18.7. The zero-order chi connectivity index (χ0) is 47.2. The van der Waals surface area contributed by atoms with E-state index in [1.807, 2.05) is 0 Å². The van der Waals surface area contributed by atoms with Gasteiger partial charge in [-0.3, -0.25) is 14.4 Å². The molecule has 0 amide bonds. The van der Waals surface area contributed by atoms with Gasteiger partial charge in [0.15, 0.2) is 6.10 Å². The lowest BCUT2D eigenvalue weighted by atomic mass is 10.0. The molecular weight excluding hydrogens is 805 g/mol. The lowest BCUT2D eigenvalue weighted by Gasteiger charge is -2.18. The molecule has 1 unspecified atom stereocenters. The van der Waals surface area contributed by atoms with E-state index < -0.39 is 6.10 Å². The maximum Gasteiger partial charge on any atom is 0.306 e. The van der Waals surface area contributed by atoms with Crippen molar-refractivity contribution in [3.8, 4) is 0 Å². The quantitative estimate of drug-likeness (QED) is 0.0262. The van der Waals surface area contributed by atoms with Crippen molar-refractivity contribution in [3.63, 3.8) is 0 Å². The molecule has 0 rings (SSSR count). The molecule has 0 fully saturated rings. The molecule has 0 aromatic rings. The van der Waals surface area contributed by atoms with Crippen LogP contribution < -0.4 is 0 Å². The highest BCUT2D eigenvalue weighted by Gasteiger charge is 2.19. The molecule has 1 atom stereocenters. The van der Waals surface area contributed by atoms with Crippen LogP contribution in [0.25, 0.3) is 0 Å². The van der Waals surface area contributed by atoms with Crippen LogP contribution in [0.3, 0.4) is 0 Å². The number of allylic oxidation sites excluding steroid dienone is 8. The smallest absolute Gasteiger partial charge is 0.306 e. The van der Waals surface area contributed by atoms with Gasteiger partial charge in [0.1, 0.15) is 13.2 Å². The Bertz CT molecular complexity index is 1140. The fourth-order valence-electron chi connectivity index (χ4n) is 8.04. The summed E-state index contributed by atoms with van der Waals surface area (Å²) in [6.45, 7) is 6.56. The zero-order valence-electron chi connectivity index (χ0n) is 43.3. The normalized spacial score (nSPS) is 12.4. The summed E-state index contributed by atoms with van der Waals surface area (Å²) in [7, 11) is 0. The molecule has 0 N–H and O–H groups in total. The number of ether oxygens (including phenoxy) is 3. The second-order valence-corrected chi connectivity index (χ2v) is 18.8. The van der Waals surface area contributed by atoms with E-state index in [2.05, 4.69) is 69.4 Å². The van der Waals surface area contributed by atoms with Crippen LogP contribution in [0.1, 0.15) is 290 Å². The number of hydrogen-bond acceptors (Lipinski definition) is 6. The van der Waals surface area contributed by atoms with Crippen molar-refractivity contribution in [1.29, 1.82) is 0 Å². The van der Waals surface area contributed by atoms with Crippen molar-refractivity contribution < 1.29 is 28.6 Å². The van der Waals surface area contributed by atoms with E-state index in [1.54, 1.807) is 0 Å². The highest BCUT2D eigenvalue weighted by atomic mass is 16.6. The topological polar surface area (TPSA) is 78.9 Å². The van der Waals surface area contributed by atoms with E-state index in [-0.39, 0.29) is 31.1 Å². The van der Waals surface area contributed by atoms with Crippen LogP contribution in [0.4, 0.5) is 0 Å². The summed E-state index contributed by atoms with van der Waals surface area (Å²) in [6.07, 6.45) is 65.3. The van der Waals surface area contributed by atoms with Gasteiger partial charge in [0.25, 0.3) is 0 Å². The van der Waals surface area contributed by atoms with Crippen molar-refractivity contribution in [2.45, 2.75) is 297 Å². The van der Waals surface area contributed by atoms with Crippen molar-refractivity contribution >= 4 is 17.9 Å². The standard InChI is InChI=1S/C59H106O6/c1-4-7-10-13-16-19-22-24-26-28-30-32-33-35-37-40-43-46-49-52-58(61)64-55-56(54-63-57(60)51-48-45-42-39-21-18-15-12-9-6-3)65-59(62)53-50-47-44-41-38-36-34-31-29-27-25-23-20-17-14-11-8-5-2/h12,15-16,19,24,26,30,32,56H,4-11,13-14,17-18,20-23,25,27-29,31,33-55H2,1-3H3/b15-12-,19-16-,26-24-,32-30-. The molecule has 65 heavy (non-hydrogen) atoms. The summed E-state index contributed by atoms with van der Waals surface area (Å²) in [6, 6.07) is 0. The predicted molar refractivity (Wildman–Crippen MR) is 279 cm³/mol. The number of unbranched alkanes of at least 4 members (excludes halogenated alkanes) is 32. The first kappa shape index (κ1) is 62.4. The highest BCUT2D eigenvalue weighted by molar-refractivity contribution is 5.71. The molecule has 0 aliphatic rings. The molecular formula is C59H106O6. The third kappa shape index (κ3) is 52.2. The second kappa shape index (κ2) is 54.0. The van der Waals surface area contributed by atoms with Crippen LogP contribution in [0.15, 0.2) is 48.6 Å². The third-order valence-corrected chi connectivity index (χ3v) is 12.3. The van der Waals surface area contributed by atoms with E-state index in [0.29, 0.717) is 19.3 Å². The number of carbonyl (C=O) groups is 3. The summed E-state index contributed by atoms with van der Waals surface area (Å²) in [5.74, 6) is -0.890. The SMILES string of the molecule is CCC/C=C\CCCCCCCC(=O)OCC(COC(=O)CCCCCCCC/C=C\C/C=C\C/C=C\CCCCC)OC(=O)CCCCCCCCCCCCCCCCCCCC. The monoisotopic (exact) mass is 911 g/mol. The van der Waals surface area contributed by atoms with Gasteiger partial charge in [0.05, 0.1) is 0 Å². The van der Waals surface area contributed by atoms with Gasteiger partial charge < -0.3 is 14.2 Å². The molecule has 0 saturated heterocycles. The van der Waals surface area contributed by atoms with Crippen LogP contribution in [0.2, 0.25) is 0 Å². The van der Waals surface area contributed by atoms with Crippen molar-refractivity contribution in [1.82, 2.24) is 0 Å². The molecule has 0 aromatic heterocycles. The molecule has 0 radical (unpaired) electrons. The fourth-order valence-corrected chi connectivity index (χ4v) is 8.04. The van der Waals surface area contributed by atoms with Gasteiger partial charge in [-0.25, -0.2) is 0 Å². The number of rotatable bonds is 51. The first-order valence-corrected chi connectivity index (χ1v) is 28.1. The Morgan fingerprint density at radius 3 is 0.969 bits per heavy atom. The van der Waals surface area contributed by atoms with E-state index >= 15 is 0 Å². The van der Waals surface area contributed by atoms with Gasteiger partial charge in [0, 0.05) is 19.3 Å². The van der Waals surface area contributed by atoms with Gasteiger partial charge in [-0.1, -0.05) is 243 Å². The number of esters is 3. The minimum absolute atomic E-state index is 0.0795. The minimum atomic E-state index is -0.779. The minimum Gasteiger partial charge on any atom is -0.462 e. The average Bonchev–Trinajstić information content (AvgIpc) is 3.30. The van der Waals surface area contributed by atoms with Crippen LogP contribution in [0.5, 0.6) is 0 Å². The van der Waals surface area contributed by atoms with E-state index in [1.165, 1.54) is 161 Å². The van der Waals surface area contributed by atoms with Gasteiger partial charge >= 0.3 is 17.9 Å².